The average molecular weight is 937 g/mol. The van der Waals surface area contributed by atoms with Crippen molar-refractivity contribution in [3.05, 3.63) is 168 Å². The number of amides is 2. The van der Waals surface area contributed by atoms with Crippen LogP contribution in [0.2, 0.25) is 0 Å². The minimum Gasteiger partial charge on any atom is -0.481 e. The molecule has 4 aromatic heterocycles. The fourth-order valence-electron chi connectivity index (χ4n) is 7.39. The van der Waals surface area contributed by atoms with Crippen molar-refractivity contribution >= 4 is 68.8 Å². The summed E-state index contributed by atoms with van der Waals surface area (Å²) in [7, 11) is 3.83. The van der Waals surface area contributed by atoms with Crippen molar-refractivity contribution in [3.8, 4) is 12.1 Å². The molecule has 0 atom stereocenters. The molecule has 8 rings (SSSR count). The molecule has 18 nitrogen and oxygen atoms in total. The lowest BCUT2D eigenvalue weighted by atomic mass is 10.1. The summed E-state index contributed by atoms with van der Waals surface area (Å²) in [6.45, 7) is 3.11. The number of rotatable bonds is 17. The average Bonchev–Trinajstić information content (AvgIpc) is 3.89. The predicted octanol–water partition coefficient (Wildman–Crippen LogP) is 7.63. The van der Waals surface area contributed by atoms with Crippen molar-refractivity contribution in [2.75, 3.05) is 40.1 Å². The first-order valence-electron chi connectivity index (χ1n) is 22.2. The van der Waals surface area contributed by atoms with Crippen LogP contribution in [-0.4, -0.2) is 77.6 Å². The zero-order valence-electron chi connectivity index (χ0n) is 38.6. The Labute approximate surface area is 403 Å². The summed E-state index contributed by atoms with van der Waals surface area (Å²) in [5.74, 6) is 0.438. The molecule has 0 aliphatic heterocycles. The van der Waals surface area contributed by atoms with Crippen molar-refractivity contribution in [3.63, 3.8) is 0 Å². The Bertz CT molecular complexity index is 3220. The maximum Gasteiger partial charge on any atom is 0.307 e. The molecule has 4 heterocycles. The monoisotopic (exact) mass is 936 g/mol. The molecular weight excluding hydrogens is 889 g/mol. The second-order valence-electron chi connectivity index (χ2n) is 15.7. The number of aromatic nitrogens is 6. The van der Waals surface area contributed by atoms with Crippen LogP contribution < -0.4 is 20.4 Å². The second-order valence-corrected chi connectivity index (χ2v) is 15.7. The van der Waals surface area contributed by atoms with Crippen LogP contribution in [0.25, 0.3) is 22.1 Å². The van der Waals surface area contributed by atoms with Crippen molar-refractivity contribution in [1.82, 2.24) is 29.1 Å². The second kappa shape index (κ2) is 22.9. The number of imidazole rings is 2. The third kappa shape index (κ3) is 11.9. The van der Waals surface area contributed by atoms with Gasteiger partial charge in [0, 0.05) is 62.1 Å². The van der Waals surface area contributed by atoms with E-state index in [9.17, 15) is 19.2 Å². The summed E-state index contributed by atoms with van der Waals surface area (Å²) < 4.78 is 8.94. The minimum atomic E-state index is -0.992. The number of carboxylic acids is 1. The fourth-order valence-corrected chi connectivity index (χ4v) is 7.39. The van der Waals surface area contributed by atoms with Gasteiger partial charge in [-0.15, -0.1) is 0 Å². The number of carbonyl (C=O) groups excluding carboxylic acids is 3. The highest BCUT2D eigenvalue weighted by atomic mass is 16.5. The van der Waals surface area contributed by atoms with Crippen LogP contribution in [0, 0.1) is 22.7 Å². The van der Waals surface area contributed by atoms with Gasteiger partial charge < -0.3 is 29.6 Å². The quantitative estimate of drug-likeness (QED) is 0.0745. The largest absolute Gasteiger partial charge is 0.481 e. The lowest BCUT2D eigenvalue weighted by Gasteiger charge is -2.21. The van der Waals surface area contributed by atoms with E-state index >= 15 is 0 Å². The smallest absolute Gasteiger partial charge is 0.307 e. The Morgan fingerprint density at radius 2 is 1.07 bits per heavy atom. The van der Waals surface area contributed by atoms with Gasteiger partial charge >= 0.3 is 11.9 Å². The van der Waals surface area contributed by atoms with Gasteiger partial charge in [-0.2, -0.15) is 10.5 Å². The molecule has 18 heteroatoms. The molecule has 70 heavy (non-hydrogen) atoms. The molecule has 352 valence electrons. The number of esters is 1. The molecule has 8 aromatic rings. The van der Waals surface area contributed by atoms with Crippen LogP contribution in [-0.2, 0) is 41.5 Å². The van der Waals surface area contributed by atoms with Gasteiger partial charge in [0.15, 0.2) is 0 Å². The van der Waals surface area contributed by atoms with Gasteiger partial charge in [-0.3, -0.25) is 29.0 Å². The van der Waals surface area contributed by atoms with E-state index in [1.807, 2.05) is 59.6 Å². The van der Waals surface area contributed by atoms with Crippen LogP contribution in [0.5, 0.6) is 0 Å². The summed E-state index contributed by atoms with van der Waals surface area (Å²) >= 11 is 0. The highest BCUT2D eigenvalue weighted by molar-refractivity contribution is 6.08. The maximum absolute atomic E-state index is 13.5. The molecule has 3 N–H and O–H groups in total. The lowest BCUT2D eigenvalue weighted by Crippen LogP contribution is -2.34. The zero-order chi connectivity index (χ0) is 49.6. The number of pyridine rings is 2. The van der Waals surface area contributed by atoms with Gasteiger partial charge in [0.05, 0.1) is 77.9 Å². The van der Waals surface area contributed by atoms with E-state index in [2.05, 4.69) is 37.7 Å². The van der Waals surface area contributed by atoms with E-state index in [0.717, 1.165) is 34.1 Å². The number of carbonyl (C=O) groups is 4. The van der Waals surface area contributed by atoms with Gasteiger partial charge in [0.25, 0.3) is 11.8 Å². The van der Waals surface area contributed by atoms with E-state index in [4.69, 9.17) is 25.4 Å². The van der Waals surface area contributed by atoms with E-state index in [1.54, 1.807) is 104 Å². The van der Waals surface area contributed by atoms with Crippen molar-refractivity contribution in [1.29, 1.82) is 10.5 Å². The number of nitrogens with one attached hydrogen (secondary N) is 2. The highest BCUT2D eigenvalue weighted by Gasteiger charge is 2.23. The molecule has 0 bridgehead atoms. The Kier molecular flexibility index (Phi) is 15.8. The fraction of sp³-hybridized carbons (Fsp3) is 0.192. The van der Waals surface area contributed by atoms with Gasteiger partial charge in [-0.25, -0.2) is 19.9 Å². The number of aliphatic carboxylic acids is 1. The SMILES string of the molecule is CCOC(=O)CCN(C(=O)c1ccc2c(c1)nc(CNc1ccc(C#N)cc1)n2C)c1ccccn1.Cn1c(CNc2ccc(C#N)cc2)nc2cc(C(=O)N(CCC(=O)O)c3ccccn3)ccc21. The summed E-state index contributed by atoms with van der Waals surface area (Å²) in [5, 5.41) is 33.6. The number of aryl methyl sites for hydroxylation is 2. The highest BCUT2D eigenvalue weighted by Crippen LogP contribution is 2.24. The van der Waals surface area contributed by atoms with Gasteiger partial charge in [-0.1, -0.05) is 12.1 Å². The number of hydrogen-bond acceptors (Lipinski definition) is 13. The Morgan fingerprint density at radius 3 is 1.46 bits per heavy atom. The topological polar surface area (TPSA) is 237 Å². The summed E-state index contributed by atoms with van der Waals surface area (Å²) in [5.41, 5.74) is 6.87. The molecule has 2 amide bonds. The minimum absolute atomic E-state index is 0.00516. The standard InChI is InChI=1S/C27H26N6O3.C25H22N6O3/c1-3-36-26(34)13-15-33(24-6-4-5-14-29-24)27(35)20-9-12-23-22(16-20)31-25(32(23)2)18-30-21-10-7-19(17-28)8-11-21;1-30-21-10-7-18(25(34)31(13-11-24(32)33)22-4-2-3-12-27-22)14-20(21)29-23(30)16-28-19-8-5-17(15-26)6-9-19/h4-12,14,16,30H,3,13,15,18H2,1-2H3;2-10,12,14,28H,11,13,16H2,1H3,(H,32,33). The molecule has 0 saturated heterocycles. The summed E-state index contributed by atoms with van der Waals surface area (Å²) in [4.78, 5) is 70.6. The Morgan fingerprint density at radius 1 is 0.629 bits per heavy atom. The molecule has 0 spiro atoms. The summed E-state index contributed by atoms with van der Waals surface area (Å²) in [6.07, 6.45) is 3.03. The first-order valence-corrected chi connectivity index (χ1v) is 22.2. The summed E-state index contributed by atoms with van der Waals surface area (Å²) in [6, 6.07) is 39.6. The molecule has 4 aromatic carbocycles. The normalized spacial score (nSPS) is 10.6. The molecular formula is C52H48N12O6. The first kappa shape index (κ1) is 48.5. The number of hydrogen-bond donors (Lipinski definition) is 3. The number of benzene rings is 4. The van der Waals surface area contributed by atoms with Crippen molar-refractivity contribution < 1.29 is 29.0 Å². The molecule has 0 radical (unpaired) electrons. The number of carboxylic acid groups (broad SMARTS) is 1. The molecule has 0 fully saturated rings. The first-order chi connectivity index (χ1) is 34.0. The van der Waals surface area contributed by atoms with Crippen LogP contribution in [0.1, 0.15) is 63.3 Å². The third-order valence-electron chi connectivity index (χ3n) is 11.1. The Balaban J connectivity index is 0.000000207. The van der Waals surface area contributed by atoms with Crippen LogP contribution in [0.4, 0.5) is 23.0 Å². The molecule has 0 saturated carbocycles. The van der Waals surface area contributed by atoms with Crippen LogP contribution in [0.3, 0.4) is 0 Å². The Hall–Kier alpha value is -9.42. The zero-order valence-corrected chi connectivity index (χ0v) is 38.6. The van der Waals surface area contributed by atoms with Gasteiger partial charge in [-0.05, 0) is 116 Å². The van der Waals surface area contributed by atoms with Crippen molar-refractivity contribution in [2.24, 2.45) is 14.1 Å². The number of nitriles is 2. The van der Waals surface area contributed by atoms with E-state index in [1.165, 1.54) is 9.80 Å². The predicted molar refractivity (Wildman–Crippen MR) is 264 cm³/mol. The van der Waals surface area contributed by atoms with Gasteiger partial charge in [0.2, 0.25) is 0 Å². The molecule has 0 unspecified atom stereocenters. The van der Waals surface area contributed by atoms with Gasteiger partial charge in [0.1, 0.15) is 23.3 Å². The molecule has 0 aliphatic rings. The van der Waals surface area contributed by atoms with E-state index in [0.29, 0.717) is 58.0 Å². The third-order valence-corrected chi connectivity index (χ3v) is 11.1. The lowest BCUT2D eigenvalue weighted by molar-refractivity contribution is -0.143. The molecule has 0 aliphatic carbocycles. The van der Waals surface area contributed by atoms with E-state index in [-0.39, 0.29) is 50.3 Å². The number of ether oxygens (including phenoxy) is 1. The van der Waals surface area contributed by atoms with Crippen LogP contribution >= 0.6 is 0 Å². The van der Waals surface area contributed by atoms with Crippen molar-refractivity contribution in [2.45, 2.75) is 32.9 Å². The van der Waals surface area contributed by atoms with E-state index < -0.39 is 5.97 Å². The number of nitrogens with zero attached hydrogens (tertiary/aromatic N) is 10. The maximum atomic E-state index is 13.5. The number of fused-ring (bicyclic) bond motifs is 2. The number of anilines is 4. The van der Waals surface area contributed by atoms with Crippen LogP contribution in [0.15, 0.2) is 134 Å².